The minimum Gasteiger partial charge on any atom is -0.478 e. The number of aromatic nitrogens is 5. The number of sulfonamides is 1. The quantitative estimate of drug-likeness (QED) is 0.478. The normalized spacial score (nSPS) is 11.8. The van der Waals surface area contributed by atoms with Crippen molar-refractivity contribution < 1.29 is 18.3 Å². The average Bonchev–Trinajstić information content (AvgIpc) is 3.26. The summed E-state index contributed by atoms with van der Waals surface area (Å²) >= 11 is 2.53. The van der Waals surface area contributed by atoms with Crippen molar-refractivity contribution in [2.75, 3.05) is 0 Å². The molecule has 3 N–H and O–H groups in total. The molecule has 0 saturated heterocycles. The van der Waals surface area contributed by atoms with Gasteiger partial charge in [-0.2, -0.15) is 4.68 Å². The molecule has 2 aromatic heterocycles. The number of tetrazole rings is 1. The van der Waals surface area contributed by atoms with E-state index in [1.807, 2.05) is 0 Å². The standard InChI is InChI=1S/C15H10N6O4S3/c16-28(24,25)10-4-2-9(3-5-10)21-14(18-19-20-21)27-15-17-11-6-1-8(13(22)23)7-12(11)26-15/h1-7H,(H,22,23)(H2,16,24,25). The molecule has 4 rings (SSSR count). The molecule has 0 radical (unpaired) electrons. The van der Waals surface area contributed by atoms with Crippen molar-refractivity contribution in [2.45, 2.75) is 14.4 Å². The molecular formula is C15H10N6O4S3. The third-order valence-corrected chi connectivity index (χ3v) is 6.59. The maximum Gasteiger partial charge on any atom is 0.335 e. The van der Waals surface area contributed by atoms with Crippen molar-refractivity contribution in [2.24, 2.45) is 5.14 Å². The molecule has 2 heterocycles. The molecule has 0 unspecified atom stereocenters. The second kappa shape index (κ2) is 6.94. The second-order valence-corrected chi connectivity index (χ2v) is 9.29. The maximum absolute atomic E-state index is 11.4. The third-order valence-electron chi connectivity index (χ3n) is 3.65. The van der Waals surface area contributed by atoms with Crippen LogP contribution in [0.15, 0.2) is 56.9 Å². The number of carboxylic acid groups (broad SMARTS) is 1. The Labute approximate surface area is 166 Å². The van der Waals surface area contributed by atoms with E-state index in [4.69, 9.17) is 10.2 Å². The predicted molar refractivity (Wildman–Crippen MR) is 101 cm³/mol. The Hall–Kier alpha value is -2.87. The van der Waals surface area contributed by atoms with Gasteiger partial charge in [0.15, 0.2) is 4.34 Å². The fourth-order valence-corrected chi connectivity index (χ4v) is 4.86. The van der Waals surface area contributed by atoms with Crippen molar-refractivity contribution in [3.8, 4) is 5.69 Å². The van der Waals surface area contributed by atoms with Gasteiger partial charge in [-0.1, -0.05) is 0 Å². The first-order valence-corrected chi connectivity index (χ1v) is 10.7. The predicted octanol–water partition coefficient (Wildman–Crippen LogP) is 1.77. The molecule has 0 aliphatic heterocycles. The molecule has 0 spiro atoms. The lowest BCUT2D eigenvalue weighted by Crippen LogP contribution is -2.12. The van der Waals surface area contributed by atoms with Crippen LogP contribution in [0, 0.1) is 0 Å². The van der Waals surface area contributed by atoms with Crippen molar-refractivity contribution in [1.29, 1.82) is 0 Å². The van der Waals surface area contributed by atoms with E-state index < -0.39 is 16.0 Å². The number of carbonyl (C=O) groups is 1. The van der Waals surface area contributed by atoms with E-state index in [1.54, 1.807) is 12.1 Å². The summed E-state index contributed by atoms with van der Waals surface area (Å²) in [6.45, 7) is 0. The highest BCUT2D eigenvalue weighted by atomic mass is 32.2. The smallest absolute Gasteiger partial charge is 0.335 e. The van der Waals surface area contributed by atoms with Crippen LogP contribution in [0.4, 0.5) is 0 Å². The zero-order valence-electron chi connectivity index (χ0n) is 13.8. The number of primary sulfonamides is 1. The van der Waals surface area contributed by atoms with E-state index in [0.717, 1.165) is 4.70 Å². The first-order valence-electron chi connectivity index (χ1n) is 7.54. The summed E-state index contributed by atoms with van der Waals surface area (Å²) in [6.07, 6.45) is 0. The number of hydrogen-bond acceptors (Lipinski definition) is 9. The Balaban J connectivity index is 1.64. The fraction of sp³-hybridized carbons (Fsp3) is 0. The maximum atomic E-state index is 11.4. The minimum absolute atomic E-state index is 0.0149. The first-order chi connectivity index (χ1) is 13.3. The van der Waals surface area contributed by atoms with Gasteiger partial charge in [0, 0.05) is 0 Å². The Kier molecular flexibility index (Phi) is 4.58. The molecule has 0 fully saturated rings. The zero-order chi connectivity index (χ0) is 19.9. The van der Waals surface area contributed by atoms with E-state index in [1.165, 1.54) is 58.1 Å². The van der Waals surface area contributed by atoms with Gasteiger partial charge in [0.1, 0.15) is 0 Å². The highest BCUT2D eigenvalue weighted by Crippen LogP contribution is 2.34. The molecule has 0 atom stereocenters. The molecule has 0 aliphatic carbocycles. The number of fused-ring (bicyclic) bond motifs is 1. The Bertz CT molecular complexity index is 1300. The lowest BCUT2D eigenvalue weighted by atomic mass is 10.2. The first kappa shape index (κ1) is 18.5. The number of hydrogen-bond donors (Lipinski definition) is 2. The minimum atomic E-state index is -3.79. The molecule has 28 heavy (non-hydrogen) atoms. The van der Waals surface area contributed by atoms with Crippen LogP contribution in [-0.4, -0.2) is 44.7 Å². The molecule has 0 saturated carbocycles. The van der Waals surface area contributed by atoms with Gasteiger partial charge in [-0.15, -0.1) is 16.4 Å². The molecule has 0 amide bonds. The summed E-state index contributed by atoms with van der Waals surface area (Å²) < 4.78 is 25.6. The molecular weight excluding hydrogens is 424 g/mol. The highest BCUT2D eigenvalue weighted by Gasteiger charge is 2.15. The Morgan fingerprint density at radius 3 is 2.61 bits per heavy atom. The number of benzene rings is 2. The van der Waals surface area contributed by atoms with Gasteiger partial charge in [-0.25, -0.2) is 23.3 Å². The molecule has 0 bridgehead atoms. The van der Waals surface area contributed by atoms with E-state index in [0.29, 0.717) is 20.7 Å². The second-order valence-electron chi connectivity index (χ2n) is 5.48. The molecule has 13 heteroatoms. The van der Waals surface area contributed by atoms with Crippen LogP contribution in [0.3, 0.4) is 0 Å². The number of carboxylic acids is 1. The lowest BCUT2D eigenvalue weighted by molar-refractivity contribution is 0.0697. The van der Waals surface area contributed by atoms with Crippen LogP contribution in [0.1, 0.15) is 10.4 Å². The summed E-state index contributed by atoms with van der Waals surface area (Å²) in [5.41, 5.74) is 1.41. The van der Waals surface area contributed by atoms with E-state index in [-0.39, 0.29) is 10.5 Å². The average molecular weight is 434 g/mol. The van der Waals surface area contributed by atoms with Gasteiger partial charge in [-0.05, 0) is 64.7 Å². The van der Waals surface area contributed by atoms with E-state index in [2.05, 4.69) is 20.5 Å². The van der Waals surface area contributed by atoms with Gasteiger partial charge >= 0.3 is 5.97 Å². The van der Waals surface area contributed by atoms with Crippen molar-refractivity contribution in [3.05, 3.63) is 48.0 Å². The molecule has 142 valence electrons. The monoisotopic (exact) mass is 434 g/mol. The lowest BCUT2D eigenvalue weighted by Gasteiger charge is -2.04. The van der Waals surface area contributed by atoms with Crippen LogP contribution >= 0.6 is 23.1 Å². The molecule has 2 aromatic carbocycles. The van der Waals surface area contributed by atoms with Crippen molar-refractivity contribution in [1.82, 2.24) is 25.2 Å². The van der Waals surface area contributed by atoms with Gasteiger partial charge in [0.05, 0.1) is 26.4 Å². The third kappa shape index (κ3) is 3.60. The van der Waals surface area contributed by atoms with Gasteiger partial charge in [-0.3, -0.25) is 0 Å². The van der Waals surface area contributed by atoms with Gasteiger partial charge < -0.3 is 5.11 Å². The number of aromatic carboxylic acids is 1. The summed E-state index contributed by atoms with van der Waals surface area (Å²) in [5, 5.41) is 26.2. The van der Waals surface area contributed by atoms with Crippen molar-refractivity contribution >= 4 is 49.3 Å². The van der Waals surface area contributed by atoms with E-state index >= 15 is 0 Å². The van der Waals surface area contributed by atoms with Crippen LogP contribution in [-0.2, 0) is 10.0 Å². The number of thiazole rings is 1. The fourth-order valence-electron chi connectivity index (χ4n) is 2.34. The molecule has 4 aromatic rings. The Morgan fingerprint density at radius 2 is 1.93 bits per heavy atom. The van der Waals surface area contributed by atoms with E-state index in [9.17, 15) is 13.2 Å². The molecule has 10 nitrogen and oxygen atoms in total. The summed E-state index contributed by atoms with van der Waals surface area (Å²) in [5.74, 6) is -1.00. The Morgan fingerprint density at radius 1 is 1.18 bits per heavy atom. The summed E-state index contributed by atoms with van der Waals surface area (Å²) in [4.78, 5) is 15.5. The van der Waals surface area contributed by atoms with Gasteiger partial charge in [0.2, 0.25) is 15.2 Å². The van der Waals surface area contributed by atoms with Crippen molar-refractivity contribution in [3.63, 3.8) is 0 Å². The van der Waals surface area contributed by atoms with Gasteiger partial charge in [0.25, 0.3) is 0 Å². The molecule has 0 aliphatic rings. The van der Waals surface area contributed by atoms with Crippen LogP contribution in [0.25, 0.3) is 15.9 Å². The number of nitrogens with zero attached hydrogens (tertiary/aromatic N) is 5. The SMILES string of the molecule is NS(=O)(=O)c1ccc(-n2nnnc2Sc2nc3ccc(C(=O)O)cc3s2)cc1. The topological polar surface area (TPSA) is 154 Å². The van der Waals surface area contributed by atoms with Crippen LogP contribution in [0.5, 0.6) is 0 Å². The largest absolute Gasteiger partial charge is 0.478 e. The number of nitrogens with two attached hydrogens (primary N) is 1. The summed E-state index contributed by atoms with van der Waals surface area (Å²) in [7, 11) is -3.79. The van der Waals surface area contributed by atoms with Crippen LogP contribution < -0.4 is 5.14 Å². The highest BCUT2D eigenvalue weighted by molar-refractivity contribution is 8.01. The number of rotatable bonds is 5. The summed E-state index contributed by atoms with van der Waals surface area (Å²) in [6, 6.07) is 10.5. The van der Waals surface area contributed by atoms with Crippen LogP contribution in [0.2, 0.25) is 0 Å². The zero-order valence-corrected chi connectivity index (χ0v) is 16.2.